The van der Waals surface area contributed by atoms with Crippen molar-refractivity contribution in [3.05, 3.63) is 28.7 Å². The lowest BCUT2D eigenvalue weighted by atomic mass is 10.4. The lowest BCUT2D eigenvalue weighted by Gasteiger charge is -2.07. The van der Waals surface area contributed by atoms with Gasteiger partial charge in [0.05, 0.1) is 4.90 Å². The topological polar surface area (TPSA) is 58.2 Å². The Kier molecular flexibility index (Phi) is 6.11. The molecule has 6 heteroatoms. The van der Waals surface area contributed by atoms with Gasteiger partial charge in [-0.05, 0) is 43.8 Å². The maximum absolute atomic E-state index is 11.8. The number of rotatable bonds is 7. The Morgan fingerprint density at radius 2 is 1.82 bits per heavy atom. The van der Waals surface area contributed by atoms with Crippen LogP contribution in [-0.2, 0) is 10.0 Å². The van der Waals surface area contributed by atoms with Crippen molar-refractivity contribution in [2.45, 2.75) is 18.2 Å². The van der Waals surface area contributed by atoms with Gasteiger partial charge in [0.2, 0.25) is 10.0 Å². The summed E-state index contributed by atoms with van der Waals surface area (Å²) in [4.78, 5) is 0.296. The average molecular weight is 321 g/mol. The highest BCUT2D eigenvalue weighted by molar-refractivity contribution is 9.10. The van der Waals surface area contributed by atoms with Gasteiger partial charge in [0, 0.05) is 11.0 Å². The molecule has 0 saturated carbocycles. The van der Waals surface area contributed by atoms with E-state index in [9.17, 15) is 8.42 Å². The first kappa shape index (κ1) is 14.6. The van der Waals surface area contributed by atoms with Crippen LogP contribution in [0.2, 0.25) is 0 Å². The number of sulfonamides is 1. The predicted molar refractivity (Wildman–Crippen MR) is 72.5 cm³/mol. The number of hydrogen-bond donors (Lipinski definition) is 2. The Bertz CT molecular complexity index is 431. The second-order valence-corrected chi connectivity index (χ2v) is 6.24. The fourth-order valence-corrected chi connectivity index (χ4v) is 2.63. The SMILES string of the molecule is CCNCCCNS(=O)(=O)c1ccc(Br)cc1. The first-order valence-electron chi connectivity index (χ1n) is 5.52. The zero-order valence-electron chi connectivity index (χ0n) is 9.74. The summed E-state index contributed by atoms with van der Waals surface area (Å²) in [6, 6.07) is 6.59. The standard InChI is InChI=1S/C11H17BrN2O2S/c1-2-13-8-3-9-14-17(15,16)11-6-4-10(12)5-7-11/h4-7,13-14H,2-3,8-9H2,1H3. The first-order chi connectivity index (χ1) is 8.06. The number of nitrogens with one attached hydrogen (secondary N) is 2. The number of benzene rings is 1. The Morgan fingerprint density at radius 3 is 2.41 bits per heavy atom. The highest BCUT2D eigenvalue weighted by Crippen LogP contribution is 2.14. The van der Waals surface area contributed by atoms with Crippen molar-refractivity contribution in [3.63, 3.8) is 0 Å². The lowest BCUT2D eigenvalue weighted by molar-refractivity contribution is 0.575. The van der Waals surface area contributed by atoms with Gasteiger partial charge in [-0.1, -0.05) is 22.9 Å². The molecule has 0 spiro atoms. The third-order valence-electron chi connectivity index (χ3n) is 2.20. The maximum atomic E-state index is 11.8. The summed E-state index contributed by atoms with van der Waals surface area (Å²) in [6.07, 6.45) is 0.781. The molecule has 0 aromatic heterocycles. The minimum absolute atomic E-state index is 0.296. The van der Waals surface area contributed by atoms with E-state index in [1.165, 1.54) is 0 Å². The summed E-state index contributed by atoms with van der Waals surface area (Å²) < 4.78 is 27.1. The van der Waals surface area contributed by atoms with E-state index in [1.54, 1.807) is 24.3 Å². The van der Waals surface area contributed by atoms with E-state index in [0.29, 0.717) is 11.4 Å². The van der Waals surface area contributed by atoms with Crippen LogP contribution in [0, 0.1) is 0 Å². The Morgan fingerprint density at radius 1 is 1.18 bits per heavy atom. The zero-order chi connectivity index (χ0) is 12.7. The van der Waals surface area contributed by atoms with Gasteiger partial charge in [0.25, 0.3) is 0 Å². The van der Waals surface area contributed by atoms with Crippen LogP contribution in [0.15, 0.2) is 33.6 Å². The molecule has 0 aliphatic rings. The molecule has 0 atom stereocenters. The second kappa shape index (κ2) is 7.10. The molecule has 1 aromatic carbocycles. The molecule has 0 aliphatic heterocycles. The molecule has 0 bridgehead atoms. The number of hydrogen-bond acceptors (Lipinski definition) is 3. The van der Waals surface area contributed by atoms with E-state index >= 15 is 0 Å². The van der Waals surface area contributed by atoms with Gasteiger partial charge in [0.1, 0.15) is 0 Å². The van der Waals surface area contributed by atoms with Crippen molar-refractivity contribution >= 4 is 26.0 Å². The molecular weight excluding hydrogens is 304 g/mol. The highest BCUT2D eigenvalue weighted by atomic mass is 79.9. The minimum atomic E-state index is -3.36. The van der Waals surface area contributed by atoms with Gasteiger partial charge < -0.3 is 5.32 Å². The van der Waals surface area contributed by atoms with Gasteiger partial charge in [-0.2, -0.15) is 0 Å². The normalized spacial score (nSPS) is 11.6. The molecule has 0 unspecified atom stereocenters. The molecule has 1 aromatic rings. The van der Waals surface area contributed by atoms with Crippen LogP contribution >= 0.6 is 15.9 Å². The molecule has 0 fully saturated rings. The lowest BCUT2D eigenvalue weighted by Crippen LogP contribution is -2.27. The molecule has 0 radical (unpaired) electrons. The molecule has 96 valence electrons. The Hall–Kier alpha value is -0.430. The van der Waals surface area contributed by atoms with E-state index in [4.69, 9.17) is 0 Å². The maximum Gasteiger partial charge on any atom is 0.240 e. The van der Waals surface area contributed by atoms with E-state index in [0.717, 1.165) is 24.0 Å². The Labute approximate surface area is 111 Å². The van der Waals surface area contributed by atoms with E-state index in [2.05, 4.69) is 26.0 Å². The Balaban J connectivity index is 2.48. The van der Waals surface area contributed by atoms with Crippen LogP contribution in [-0.4, -0.2) is 28.1 Å². The summed E-state index contributed by atoms with van der Waals surface area (Å²) >= 11 is 3.27. The third kappa shape index (κ3) is 5.16. The van der Waals surface area contributed by atoms with Gasteiger partial charge in [-0.3, -0.25) is 0 Å². The van der Waals surface area contributed by atoms with Crippen LogP contribution in [0.4, 0.5) is 0 Å². The van der Waals surface area contributed by atoms with Crippen molar-refractivity contribution in [2.24, 2.45) is 0 Å². The smallest absolute Gasteiger partial charge is 0.240 e. The molecule has 17 heavy (non-hydrogen) atoms. The third-order valence-corrected chi connectivity index (χ3v) is 4.20. The van der Waals surface area contributed by atoms with Gasteiger partial charge in [0.15, 0.2) is 0 Å². The molecule has 2 N–H and O–H groups in total. The quantitative estimate of drug-likeness (QED) is 0.752. The molecule has 1 rings (SSSR count). The highest BCUT2D eigenvalue weighted by Gasteiger charge is 2.12. The predicted octanol–water partition coefficient (Wildman–Crippen LogP) is 1.73. The fraction of sp³-hybridized carbons (Fsp3) is 0.455. The van der Waals surface area contributed by atoms with Crippen molar-refractivity contribution in [2.75, 3.05) is 19.6 Å². The molecule has 0 amide bonds. The van der Waals surface area contributed by atoms with Gasteiger partial charge in [-0.25, -0.2) is 13.1 Å². The van der Waals surface area contributed by atoms with Gasteiger partial charge >= 0.3 is 0 Å². The molecule has 0 aliphatic carbocycles. The van der Waals surface area contributed by atoms with Crippen molar-refractivity contribution in [1.82, 2.24) is 10.0 Å². The van der Waals surface area contributed by atoms with E-state index < -0.39 is 10.0 Å². The summed E-state index contributed by atoms with van der Waals surface area (Å²) in [7, 11) is -3.36. The second-order valence-electron chi connectivity index (χ2n) is 3.56. The molecule has 0 heterocycles. The average Bonchev–Trinajstić information content (AvgIpc) is 2.29. The van der Waals surface area contributed by atoms with E-state index in [-0.39, 0.29) is 0 Å². The zero-order valence-corrected chi connectivity index (χ0v) is 12.1. The number of halogens is 1. The largest absolute Gasteiger partial charge is 0.317 e. The van der Waals surface area contributed by atoms with Crippen LogP contribution in [0.1, 0.15) is 13.3 Å². The van der Waals surface area contributed by atoms with Crippen LogP contribution in [0.5, 0.6) is 0 Å². The summed E-state index contributed by atoms with van der Waals surface area (Å²) in [5, 5.41) is 3.14. The van der Waals surface area contributed by atoms with Crippen LogP contribution < -0.4 is 10.0 Å². The summed E-state index contributed by atoms with van der Waals surface area (Å²) in [5.41, 5.74) is 0. The van der Waals surface area contributed by atoms with Gasteiger partial charge in [-0.15, -0.1) is 0 Å². The summed E-state index contributed by atoms with van der Waals surface area (Å²) in [5.74, 6) is 0. The van der Waals surface area contributed by atoms with Crippen LogP contribution in [0.3, 0.4) is 0 Å². The summed E-state index contributed by atoms with van der Waals surface area (Å²) in [6.45, 7) is 4.19. The van der Waals surface area contributed by atoms with Crippen molar-refractivity contribution in [3.8, 4) is 0 Å². The molecule has 4 nitrogen and oxygen atoms in total. The van der Waals surface area contributed by atoms with Crippen molar-refractivity contribution < 1.29 is 8.42 Å². The first-order valence-corrected chi connectivity index (χ1v) is 7.80. The minimum Gasteiger partial charge on any atom is -0.317 e. The fourth-order valence-electron chi connectivity index (χ4n) is 1.29. The molecule has 0 saturated heterocycles. The molecular formula is C11H17BrN2O2S. The van der Waals surface area contributed by atoms with Crippen LogP contribution in [0.25, 0.3) is 0 Å². The van der Waals surface area contributed by atoms with Crippen molar-refractivity contribution in [1.29, 1.82) is 0 Å². The van der Waals surface area contributed by atoms with E-state index in [1.807, 2.05) is 6.92 Å². The monoisotopic (exact) mass is 320 g/mol.